The zero-order valence-corrected chi connectivity index (χ0v) is 18.6. The highest BCUT2D eigenvalue weighted by Gasteiger charge is 2.18. The first kappa shape index (κ1) is 22.9. The van der Waals surface area contributed by atoms with Crippen molar-refractivity contribution < 1.29 is 23.7 Å². The number of benzene rings is 2. The lowest BCUT2D eigenvalue weighted by Crippen LogP contribution is -2.38. The Morgan fingerprint density at radius 3 is 2.61 bits per heavy atom. The summed E-state index contributed by atoms with van der Waals surface area (Å²) in [4.78, 5) is 14.9. The second-order valence-electron chi connectivity index (χ2n) is 7.57. The summed E-state index contributed by atoms with van der Waals surface area (Å²) in [6.07, 6.45) is 2.15. The second kappa shape index (κ2) is 11.6. The molecule has 31 heavy (non-hydrogen) atoms. The molecule has 1 aliphatic rings. The lowest BCUT2D eigenvalue weighted by molar-refractivity contribution is 0.0392. The molecule has 0 unspecified atom stereocenters. The van der Waals surface area contributed by atoms with E-state index in [1.165, 1.54) is 0 Å². The molecular formula is C24H32N2O5. The number of hydrogen-bond acceptors (Lipinski definition) is 6. The van der Waals surface area contributed by atoms with Gasteiger partial charge in [0.05, 0.1) is 14.2 Å². The molecule has 0 bridgehead atoms. The molecule has 0 aromatic heterocycles. The third-order valence-corrected chi connectivity index (χ3v) is 5.52. The van der Waals surface area contributed by atoms with Crippen molar-refractivity contribution in [2.45, 2.75) is 25.4 Å². The third-order valence-electron chi connectivity index (χ3n) is 5.52. The van der Waals surface area contributed by atoms with Gasteiger partial charge in [0.15, 0.2) is 11.5 Å². The molecule has 2 aromatic carbocycles. The number of likely N-dealkylation sites (N-methyl/N-ethyl adjacent to an activating group) is 1. The Bertz CT molecular complexity index is 852. The highest BCUT2D eigenvalue weighted by molar-refractivity contribution is 5.94. The molecule has 1 heterocycles. The van der Waals surface area contributed by atoms with Gasteiger partial charge in [-0.25, -0.2) is 0 Å². The minimum absolute atomic E-state index is 0.176. The molecule has 7 nitrogen and oxygen atoms in total. The van der Waals surface area contributed by atoms with E-state index in [0.717, 1.165) is 43.9 Å². The summed E-state index contributed by atoms with van der Waals surface area (Å²) in [6, 6.07) is 13.5. The van der Waals surface area contributed by atoms with Crippen LogP contribution >= 0.6 is 0 Å². The molecule has 1 aliphatic heterocycles. The van der Waals surface area contributed by atoms with Crippen LogP contribution in [-0.4, -0.2) is 64.5 Å². The van der Waals surface area contributed by atoms with Gasteiger partial charge in [-0.3, -0.25) is 9.69 Å². The maximum Gasteiger partial charge on any atom is 0.251 e. The summed E-state index contributed by atoms with van der Waals surface area (Å²) in [6.45, 7) is 3.58. The van der Waals surface area contributed by atoms with E-state index in [4.69, 9.17) is 18.9 Å². The highest BCUT2D eigenvalue weighted by Crippen LogP contribution is 2.27. The van der Waals surface area contributed by atoms with E-state index in [1.807, 2.05) is 24.3 Å². The van der Waals surface area contributed by atoms with Crippen molar-refractivity contribution >= 4 is 5.91 Å². The summed E-state index contributed by atoms with van der Waals surface area (Å²) >= 11 is 0. The topological polar surface area (TPSA) is 69.3 Å². The summed E-state index contributed by atoms with van der Waals surface area (Å²) in [7, 11) is 5.25. The van der Waals surface area contributed by atoms with Crippen LogP contribution in [0.5, 0.6) is 17.2 Å². The van der Waals surface area contributed by atoms with Crippen LogP contribution in [0.4, 0.5) is 0 Å². The number of carbonyl (C=O) groups excluding carboxylic acids is 1. The maximum atomic E-state index is 12.5. The number of methoxy groups -OCH3 is 2. The first-order valence-corrected chi connectivity index (χ1v) is 10.6. The lowest BCUT2D eigenvalue weighted by atomic mass is 10.1. The molecule has 0 atom stereocenters. The fourth-order valence-corrected chi connectivity index (χ4v) is 3.62. The first-order valence-electron chi connectivity index (χ1n) is 10.6. The normalized spacial score (nSPS) is 14.3. The Hall–Kier alpha value is -2.77. The minimum Gasteiger partial charge on any atom is -0.493 e. The van der Waals surface area contributed by atoms with Crippen LogP contribution in [-0.2, 0) is 11.3 Å². The van der Waals surface area contributed by atoms with E-state index in [1.54, 1.807) is 32.4 Å². The van der Waals surface area contributed by atoms with Gasteiger partial charge in [-0.05, 0) is 55.8 Å². The van der Waals surface area contributed by atoms with Crippen molar-refractivity contribution in [3.05, 3.63) is 53.6 Å². The van der Waals surface area contributed by atoms with Crippen LogP contribution < -0.4 is 19.5 Å². The van der Waals surface area contributed by atoms with Crippen LogP contribution in [0.25, 0.3) is 0 Å². The van der Waals surface area contributed by atoms with Gasteiger partial charge in [-0.15, -0.1) is 0 Å². The van der Waals surface area contributed by atoms with Gasteiger partial charge in [-0.1, -0.05) is 12.1 Å². The Kier molecular flexibility index (Phi) is 8.55. The Morgan fingerprint density at radius 2 is 1.87 bits per heavy atom. The fraction of sp³-hybridized carbons (Fsp3) is 0.458. The van der Waals surface area contributed by atoms with Crippen molar-refractivity contribution in [3.8, 4) is 17.2 Å². The molecule has 1 saturated heterocycles. The number of ether oxygens (including phenoxy) is 4. The van der Waals surface area contributed by atoms with Crippen LogP contribution in [0.3, 0.4) is 0 Å². The average Bonchev–Trinajstić information content (AvgIpc) is 2.82. The lowest BCUT2D eigenvalue weighted by Gasteiger charge is -2.31. The zero-order chi connectivity index (χ0) is 22.1. The molecule has 7 heteroatoms. The predicted molar refractivity (Wildman–Crippen MR) is 119 cm³/mol. The molecule has 168 valence electrons. The van der Waals surface area contributed by atoms with Crippen LogP contribution in [0.2, 0.25) is 0 Å². The largest absolute Gasteiger partial charge is 0.493 e. The zero-order valence-electron chi connectivity index (χ0n) is 18.6. The van der Waals surface area contributed by atoms with Crippen LogP contribution in [0.15, 0.2) is 42.5 Å². The maximum absolute atomic E-state index is 12.5. The van der Waals surface area contributed by atoms with E-state index in [9.17, 15) is 4.79 Å². The second-order valence-corrected chi connectivity index (χ2v) is 7.57. The van der Waals surface area contributed by atoms with E-state index in [-0.39, 0.29) is 5.91 Å². The minimum atomic E-state index is -0.176. The number of nitrogens with zero attached hydrogens (tertiary/aromatic N) is 1. The van der Waals surface area contributed by atoms with Gasteiger partial charge in [0.1, 0.15) is 12.4 Å². The fourth-order valence-electron chi connectivity index (χ4n) is 3.62. The molecule has 0 spiro atoms. The Morgan fingerprint density at radius 1 is 1.10 bits per heavy atom. The quantitative estimate of drug-likeness (QED) is 0.627. The molecule has 0 saturated carbocycles. The summed E-state index contributed by atoms with van der Waals surface area (Å²) in [5, 5.41) is 2.94. The summed E-state index contributed by atoms with van der Waals surface area (Å²) in [5.74, 6) is 1.74. The van der Waals surface area contributed by atoms with E-state index in [0.29, 0.717) is 36.3 Å². The average molecular weight is 429 g/mol. The molecule has 3 rings (SSSR count). The number of hydrogen-bond donors (Lipinski definition) is 1. The molecule has 0 aliphatic carbocycles. The molecule has 1 N–H and O–H groups in total. The molecular weight excluding hydrogens is 396 g/mol. The highest BCUT2D eigenvalue weighted by atomic mass is 16.5. The van der Waals surface area contributed by atoms with Crippen molar-refractivity contribution in [2.24, 2.45) is 0 Å². The first-order chi connectivity index (χ1) is 15.1. The van der Waals surface area contributed by atoms with Crippen molar-refractivity contribution in [1.82, 2.24) is 10.2 Å². The van der Waals surface area contributed by atoms with Gasteiger partial charge in [0.25, 0.3) is 5.91 Å². The number of amides is 1. The summed E-state index contributed by atoms with van der Waals surface area (Å²) < 4.78 is 21.8. The van der Waals surface area contributed by atoms with Crippen LogP contribution in [0.1, 0.15) is 28.8 Å². The van der Waals surface area contributed by atoms with E-state index < -0.39 is 0 Å². The number of rotatable bonds is 10. The summed E-state index contributed by atoms with van der Waals surface area (Å²) in [5.41, 5.74) is 1.49. The van der Waals surface area contributed by atoms with E-state index in [2.05, 4.69) is 17.3 Å². The third kappa shape index (κ3) is 6.60. The predicted octanol–water partition coefficient (Wildman–Crippen LogP) is 3.12. The van der Waals surface area contributed by atoms with Gasteiger partial charge in [0, 0.05) is 37.9 Å². The smallest absolute Gasteiger partial charge is 0.251 e. The number of nitrogens with one attached hydrogen (secondary N) is 1. The Labute approximate surface area is 184 Å². The SMILES string of the molecule is COc1ccc(C(=O)NCc2cccc(OCCN(C)C3CCOCC3)c2)cc1OC. The molecule has 1 fully saturated rings. The van der Waals surface area contributed by atoms with Crippen LogP contribution in [0, 0.1) is 0 Å². The molecule has 0 radical (unpaired) electrons. The van der Waals surface area contributed by atoms with Gasteiger partial charge >= 0.3 is 0 Å². The van der Waals surface area contributed by atoms with Gasteiger partial charge in [0.2, 0.25) is 0 Å². The molecule has 2 aromatic rings. The van der Waals surface area contributed by atoms with E-state index >= 15 is 0 Å². The monoisotopic (exact) mass is 428 g/mol. The van der Waals surface area contributed by atoms with Crippen molar-refractivity contribution in [3.63, 3.8) is 0 Å². The van der Waals surface area contributed by atoms with Gasteiger partial charge in [-0.2, -0.15) is 0 Å². The van der Waals surface area contributed by atoms with Crippen molar-refractivity contribution in [2.75, 3.05) is 47.6 Å². The standard InChI is InChI=1S/C24H32N2O5/c1-26(20-9-12-30-13-10-20)11-14-31-21-6-4-5-18(15-21)17-25-24(27)19-7-8-22(28-2)23(16-19)29-3/h4-8,15-16,20H,9-14,17H2,1-3H3,(H,25,27). The van der Waals surface area contributed by atoms with Gasteiger partial charge < -0.3 is 24.3 Å². The Balaban J connectivity index is 1.48. The number of carbonyl (C=O) groups is 1. The molecule has 1 amide bonds. The van der Waals surface area contributed by atoms with Crippen molar-refractivity contribution in [1.29, 1.82) is 0 Å².